The molecule has 0 fully saturated rings. The SMILES string of the molecule is CCCCCCCCCCCCC(C)(CN)S(=O)(=O)O. The summed E-state index contributed by atoms with van der Waals surface area (Å²) in [5.74, 6) is 0. The van der Waals surface area contributed by atoms with Crippen LogP contribution in [0.25, 0.3) is 0 Å². The van der Waals surface area contributed by atoms with Crippen LogP contribution >= 0.6 is 0 Å². The van der Waals surface area contributed by atoms with Gasteiger partial charge >= 0.3 is 0 Å². The molecule has 0 amide bonds. The topological polar surface area (TPSA) is 80.4 Å². The van der Waals surface area contributed by atoms with E-state index in [0.29, 0.717) is 6.42 Å². The standard InChI is InChI=1S/C15H33NO3S/c1-3-4-5-6-7-8-9-10-11-12-13-15(2,14-16)20(17,18)19/h3-14,16H2,1-2H3,(H,17,18,19). The Balaban J connectivity index is 3.57. The molecule has 0 radical (unpaired) electrons. The Hall–Kier alpha value is -0.130. The molecule has 0 spiro atoms. The van der Waals surface area contributed by atoms with Gasteiger partial charge in [-0.3, -0.25) is 4.55 Å². The molecule has 3 N–H and O–H groups in total. The van der Waals surface area contributed by atoms with Crippen LogP contribution in [0.1, 0.15) is 84.5 Å². The van der Waals surface area contributed by atoms with Crippen LogP contribution in [0.15, 0.2) is 0 Å². The molecule has 0 aromatic heterocycles. The van der Waals surface area contributed by atoms with Crippen molar-refractivity contribution < 1.29 is 13.0 Å². The number of nitrogens with two attached hydrogens (primary N) is 1. The van der Waals surface area contributed by atoms with E-state index in [0.717, 1.165) is 19.3 Å². The summed E-state index contributed by atoms with van der Waals surface area (Å²) in [7, 11) is -4.05. The first-order valence-electron chi connectivity index (χ1n) is 8.04. The second-order valence-corrected chi connectivity index (χ2v) is 8.00. The molecule has 0 saturated carbocycles. The first kappa shape index (κ1) is 19.9. The second-order valence-electron chi connectivity index (χ2n) is 6.06. The van der Waals surface area contributed by atoms with E-state index in [9.17, 15) is 13.0 Å². The van der Waals surface area contributed by atoms with Gasteiger partial charge in [-0.1, -0.05) is 71.1 Å². The third-order valence-corrected chi connectivity index (χ3v) is 5.73. The van der Waals surface area contributed by atoms with Crippen molar-refractivity contribution in [2.75, 3.05) is 6.54 Å². The highest BCUT2D eigenvalue weighted by molar-refractivity contribution is 7.87. The molecule has 0 aromatic carbocycles. The van der Waals surface area contributed by atoms with Crippen LogP contribution in [0.5, 0.6) is 0 Å². The minimum absolute atomic E-state index is 0.0245. The van der Waals surface area contributed by atoms with Crippen molar-refractivity contribution in [1.82, 2.24) is 0 Å². The highest BCUT2D eigenvalue weighted by Gasteiger charge is 2.35. The summed E-state index contributed by atoms with van der Waals surface area (Å²) in [6.45, 7) is 3.72. The Labute approximate surface area is 125 Å². The first-order chi connectivity index (χ1) is 9.37. The van der Waals surface area contributed by atoms with Crippen molar-refractivity contribution >= 4 is 10.1 Å². The summed E-state index contributed by atoms with van der Waals surface area (Å²) in [5, 5.41) is 0. The smallest absolute Gasteiger partial charge is 0.271 e. The van der Waals surface area contributed by atoms with E-state index in [1.54, 1.807) is 0 Å². The number of hydrogen-bond donors (Lipinski definition) is 2. The van der Waals surface area contributed by atoms with E-state index in [4.69, 9.17) is 5.73 Å². The Bertz CT molecular complexity index is 330. The van der Waals surface area contributed by atoms with Crippen LogP contribution in [0.2, 0.25) is 0 Å². The van der Waals surface area contributed by atoms with Gasteiger partial charge in [-0.25, -0.2) is 0 Å². The predicted molar refractivity (Wildman–Crippen MR) is 85.5 cm³/mol. The zero-order valence-corrected chi connectivity index (χ0v) is 14.1. The van der Waals surface area contributed by atoms with Gasteiger partial charge in [0.1, 0.15) is 4.75 Å². The molecule has 122 valence electrons. The van der Waals surface area contributed by atoms with Crippen LogP contribution in [-0.2, 0) is 10.1 Å². The van der Waals surface area contributed by atoms with Gasteiger partial charge in [0.25, 0.3) is 10.1 Å². The van der Waals surface area contributed by atoms with Gasteiger partial charge in [0.05, 0.1) is 0 Å². The monoisotopic (exact) mass is 307 g/mol. The fourth-order valence-electron chi connectivity index (χ4n) is 2.32. The number of unbranched alkanes of at least 4 members (excludes halogenated alkanes) is 9. The summed E-state index contributed by atoms with van der Waals surface area (Å²) in [5.41, 5.74) is 5.47. The largest absolute Gasteiger partial charge is 0.329 e. The Kier molecular flexibility index (Phi) is 10.5. The van der Waals surface area contributed by atoms with Crippen LogP contribution in [-0.4, -0.2) is 24.3 Å². The fourth-order valence-corrected chi connectivity index (χ4v) is 2.94. The van der Waals surface area contributed by atoms with Crippen molar-refractivity contribution in [3.8, 4) is 0 Å². The van der Waals surface area contributed by atoms with Crippen molar-refractivity contribution in [2.24, 2.45) is 5.73 Å². The zero-order valence-electron chi connectivity index (χ0n) is 13.2. The second kappa shape index (κ2) is 10.6. The molecule has 0 aliphatic heterocycles. The molecule has 0 aliphatic carbocycles. The van der Waals surface area contributed by atoms with Crippen LogP contribution < -0.4 is 5.73 Å². The van der Waals surface area contributed by atoms with Crippen molar-refractivity contribution in [3.63, 3.8) is 0 Å². The summed E-state index contributed by atoms with van der Waals surface area (Å²) < 4.78 is 30.5. The van der Waals surface area contributed by atoms with Crippen LogP contribution in [0.3, 0.4) is 0 Å². The average molecular weight is 308 g/mol. The molecule has 5 heteroatoms. The van der Waals surface area contributed by atoms with Crippen LogP contribution in [0.4, 0.5) is 0 Å². The van der Waals surface area contributed by atoms with Gasteiger partial charge in [0.2, 0.25) is 0 Å². The first-order valence-corrected chi connectivity index (χ1v) is 9.48. The Morgan fingerprint density at radius 3 is 1.65 bits per heavy atom. The third kappa shape index (κ3) is 8.22. The molecule has 0 saturated heterocycles. The lowest BCUT2D eigenvalue weighted by atomic mass is 10.0. The van der Waals surface area contributed by atoms with Gasteiger partial charge in [-0.15, -0.1) is 0 Å². The lowest BCUT2D eigenvalue weighted by molar-refractivity contribution is 0.412. The van der Waals surface area contributed by atoms with Gasteiger partial charge in [0.15, 0.2) is 0 Å². The van der Waals surface area contributed by atoms with Gasteiger partial charge in [0, 0.05) is 6.54 Å². The highest BCUT2D eigenvalue weighted by atomic mass is 32.2. The van der Waals surface area contributed by atoms with Crippen molar-refractivity contribution in [2.45, 2.75) is 89.2 Å². The molecule has 1 unspecified atom stereocenters. The molecule has 0 aliphatic rings. The maximum absolute atomic E-state index is 11.3. The molecule has 4 nitrogen and oxygen atoms in total. The van der Waals surface area contributed by atoms with E-state index < -0.39 is 14.9 Å². The minimum Gasteiger partial charge on any atom is -0.329 e. The van der Waals surface area contributed by atoms with E-state index in [1.165, 1.54) is 51.9 Å². The van der Waals surface area contributed by atoms with Crippen LogP contribution in [0, 0.1) is 0 Å². The normalized spacial score (nSPS) is 15.2. The van der Waals surface area contributed by atoms with E-state index in [-0.39, 0.29) is 6.54 Å². The van der Waals surface area contributed by atoms with Gasteiger partial charge in [-0.2, -0.15) is 8.42 Å². The third-order valence-electron chi connectivity index (χ3n) is 4.11. The molecular weight excluding hydrogens is 274 g/mol. The number of hydrogen-bond acceptors (Lipinski definition) is 3. The summed E-state index contributed by atoms with van der Waals surface area (Å²) in [6, 6.07) is 0. The van der Waals surface area contributed by atoms with Crippen molar-refractivity contribution in [3.05, 3.63) is 0 Å². The fraction of sp³-hybridized carbons (Fsp3) is 1.00. The Morgan fingerprint density at radius 2 is 1.30 bits per heavy atom. The zero-order chi connectivity index (χ0) is 15.5. The maximum Gasteiger partial charge on any atom is 0.271 e. The molecule has 0 bridgehead atoms. The quantitative estimate of drug-likeness (QED) is 0.399. The molecule has 1 atom stereocenters. The predicted octanol–water partition coefficient (Wildman–Crippen LogP) is 3.90. The van der Waals surface area contributed by atoms with E-state index in [1.807, 2.05) is 0 Å². The lowest BCUT2D eigenvalue weighted by Gasteiger charge is -2.24. The van der Waals surface area contributed by atoms with E-state index >= 15 is 0 Å². The average Bonchev–Trinajstić information content (AvgIpc) is 2.39. The molecule has 20 heavy (non-hydrogen) atoms. The molecule has 0 rings (SSSR count). The highest BCUT2D eigenvalue weighted by Crippen LogP contribution is 2.23. The van der Waals surface area contributed by atoms with E-state index in [2.05, 4.69) is 6.92 Å². The molecular formula is C15H33NO3S. The molecule has 0 aromatic rings. The Morgan fingerprint density at radius 1 is 0.900 bits per heavy atom. The van der Waals surface area contributed by atoms with Crippen molar-refractivity contribution in [1.29, 1.82) is 0 Å². The molecule has 0 heterocycles. The maximum atomic E-state index is 11.3. The number of rotatable bonds is 13. The summed E-state index contributed by atoms with van der Waals surface area (Å²) >= 11 is 0. The summed E-state index contributed by atoms with van der Waals surface area (Å²) in [6.07, 6.45) is 12.5. The lowest BCUT2D eigenvalue weighted by Crippen LogP contribution is -2.42. The summed E-state index contributed by atoms with van der Waals surface area (Å²) in [4.78, 5) is 0. The van der Waals surface area contributed by atoms with Gasteiger partial charge in [-0.05, 0) is 13.3 Å². The minimum atomic E-state index is -4.05. The van der Waals surface area contributed by atoms with Gasteiger partial charge < -0.3 is 5.73 Å².